The average Bonchev–Trinajstić information content (AvgIpc) is 2.57. The summed E-state index contributed by atoms with van der Waals surface area (Å²) in [5.41, 5.74) is 1.73. The van der Waals surface area contributed by atoms with Crippen LogP contribution in [0.2, 0.25) is 0 Å². The summed E-state index contributed by atoms with van der Waals surface area (Å²) in [4.78, 5) is 34.0. The van der Waals surface area contributed by atoms with Gasteiger partial charge in [0.1, 0.15) is 5.75 Å². The number of hydrogen-bond acceptors (Lipinski definition) is 5. The number of esters is 1. The molecule has 0 aromatic heterocycles. The van der Waals surface area contributed by atoms with Crippen molar-refractivity contribution in [3.63, 3.8) is 0 Å². The molecule has 0 aliphatic heterocycles. The zero-order chi connectivity index (χ0) is 16.7. The molecule has 4 nitrogen and oxygen atoms in total. The highest BCUT2D eigenvalue weighted by Gasteiger charge is 2.10. The van der Waals surface area contributed by atoms with Gasteiger partial charge < -0.3 is 4.74 Å². The van der Waals surface area contributed by atoms with E-state index in [1.165, 1.54) is 11.8 Å². The number of carbonyl (C=O) groups is 3. The van der Waals surface area contributed by atoms with Crippen molar-refractivity contribution in [3.05, 3.63) is 65.7 Å². The fraction of sp³-hybridized carbons (Fsp3) is 0.167. The Bertz CT molecular complexity index is 693. The summed E-state index contributed by atoms with van der Waals surface area (Å²) in [5, 5.41) is 0. The quantitative estimate of drug-likeness (QED) is 0.338. The van der Waals surface area contributed by atoms with Crippen LogP contribution in [0.1, 0.15) is 22.8 Å². The number of Topliss-reactive ketones (excluding diaryl/α,β-unsaturated/α-hetero) is 2. The van der Waals surface area contributed by atoms with E-state index < -0.39 is 11.8 Å². The molecule has 2 aromatic carbocycles. The lowest BCUT2D eigenvalue weighted by Gasteiger charge is -2.05. The van der Waals surface area contributed by atoms with Gasteiger partial charge in [-0.1, -0.05) is 42.5 Å². The molecule has 0 aliphatic rings. The lowest BCUT2D eigenvalue weighted by atomic mass is 10.2. The zero-order valence-electron chi connectivity index (χ0n) is 12.7. The van der Waals surface area contributed by atoms with Gasteiger partial charge in [-0.05, 0) is 17.7 Å². The first kappa shape index (κ1) is 17.0. The minimum absolute atomic E-state index is 0.0996. The topological polar surface area (TPSA) is 60.4 Å². The maximum atomic E-state index is 12.0. The van der Waals surface area contributed by atoms with Gasteiger partial charge >= 0.3 is 5.97 Å². The molecule has 0 amide bonds. The Morgan fingerprint density at radius 1 is 0.957 bits per heavy atom. The fourth-order valence-electron chi connectivity index (χ4n) is 1.80. The molecule has 0 spiro atoms. The largest absolute Gasteiger partial charge is 0.421 e. The van der Waals surface area contributed by atoms with Gasteiger partial charge in [-0.25, -0.2) is 4.79 Å². The van der Waals surface area contributed by atoms with E-state index in [-0.39, 0.29) is 5.78 Å². The molecule has 0 N–H and O–H groups in total. The molecule has 0 heterocycles. The van der Waals surface area contributed by atoms with Crippen molar-refractivity contribution in [1.82, 2.24) is 0 Å². The van der Waals surface area contributed by atoms with Crippen LogP contribution in [0.4, 0.5) is 0 Å². The van der Waals surface area contributed by atoms with E-state index in [1.807, 2.05) is 30.3 Å². The lowest BCUT2D eigenvalue weighted by Crippen LogP contribution is -2.16. The molecule has 118 valence electrons. The number of thioether (sulfide) groups is 1. The number of ketones is 2. The highest BCUT2D eigenvalue weighted by atomic mass is 32.2. The third-order valence-electron chi connectivity index (χ3n) is 3.02. The molecule has 2 rings (SSSR count). The standard InChI is InChI=1S/C18H16O4S/c1-13(19)18(21)22-16-9-7-14(8-10-16)11-23-12-17(20)15-5-3-2-4-6-15/h2-10H,11-12H2,1H3. The van der Waals surface area contributed by atoms with Gasteiger partial charge in [-0.3, -0.25) is 9.59 Å². The van der Waals surface area contributed by atoms with Crippen LogP contribution in [0.3, 0.4) is 0 Å². The Hall–Kier alpha value is -2.40. The first-order valence-electron chi connectivity index (χ1n) is 7.04. The summed E-state index contributed by atoms with van der Waals surface area (Å²) >= 11 is 1.52. The van der Waals surface area contributed by atoms with Crippen molar-refractivity contribution in [2.75, 3.05) is 5.75 Å². The van der Waals surface area contributed by atoms with Crippen molar-refractivity contribution in [3.8, 4) is 5.75 Å². The predicted octanol–water partition coefficient (Wildman–Crippen LogP) is 3.30. The van der Waals surface area contributed by atoms with Gasteiger partial charge in [0.25, 0.3) is 0 Å². The molecule has 0 aliphatic carbocycles. The Kier molecular flexibility index (Phi) is 6.11. The van der Waals surface area contributed by atoms with Crippen LogP contribution >= 0.6 is 11.8 Å². The second-order valence-electron chi connectivity index (χ2n) is 4.87. The molecule has 23 heavy (non-hydrogen) atoms. The van der Waals surface area contributed by atoms with Crippen molar-refractivity contribution in [1.29, 1.82) is 0 Å². The van der Waals surface area contributed by atoms with Crippen LogP contribution in [0, 0.1) is 0 Å². The second kappa shape index (κ2) is 8.29. The average molecular weight is 328 g/mol. The third kappa shape index (κ3) is 5.38. The normalized spacial score (nSPS) is 10.1. The number of rotatable bonds is 7. The molecule has 5 heteroatoms. The van der Waals surface area contributed by atoms with Gasteiger partial charge in [0.2, 0.25) is 5.78 Å². The molecule has 0 unspecified atom stereocenters. The van der Waals surface area contributed by atoms with Crippen LogP contribution in [0.25, 0.3) is 0 Å². The molecule has 0 saturated heterocycles. The summed E-state index contributed by atoms with van der Waals surface area (Å²) in [6.07, 6.45) is 0. The number of hydrogen-bond donors (Lipinski definition) is 0. The maximum absolute atomic E-state index is 12.0. The number of ether oxygens (including phenoxy) is 1. The van der Waals surface area contributed by atoms with Gasteiger partial charge in [-0.2, -0.15) is 0 Å². The number of benzene rings is 2. The molecule has 0 radical (unpaired) electrons. The molecule has 0 saturated carbocycles. The van der Waals surface area contributed by atoms with Crippen molar-refractivity contribution in [2.24, 2.45) is 0 Å². The summed E-state index contributed by atoms with van der Waals surface area (Å²) in [6, 6.07) is 16.1. The number of carbonyl (C=O) groups excluding carboxylic acids is 3. The predicted molar refractivity (Wildman–Crippen MR) is 89.7 cm³/mol. The molecular formula is C18H16O4S. The van der Waals surface area contributed by atoms with Crippen LogP contribution < -0.4 is 4.74 Å². The van der Waals surface area contributed by atoms with Gasteiger partial charge in [-0.15, -0.1) is 11.8 Å². The van der Waals surface area contributed by atoms with Crippen LogP contribution in [0.5, 0.6) is 5.75 Å². The summed E-state index contributed by atoms with van der Waals surface area (Å²) in [6.45, 7) is 1.16. The second-order valence-corrected chi connectivity index (χ2v) is 5.86. The summed E-state index contributed by atoms with van der Waals surface area (Å²) < 4.78 is 4.88. The van der Waals surface area contributed by atoms with Crippen LogP contribution in [-0.2, 0) is 15.3 Å². The Labute approximate surface area is 138 Å². The Morgan fingerprint density at radius 2 is 1.61 bits per heavy atom. The van der Waals surface area contributed by atoms with E-state index in [1.54, 1.807) is 24.3 Å². The minimum atomic E-state index is -0.874. The lowest BCUT2D eigenvalue weighted by molar-refractivity contribution is -0.146. The van der Waals surface area contributed by atoms with Crippen LogP contribution in [-0.4, -0.2) is 23.3 Å². The Morgan fingerprint density at radius 3 is 2.22 bits per heavy atom. The van der Waals surface area contributed by atoms with Crippen molar-refractivity contribution in [2.45, 2.75) is 12.7 Å². The van der Waals surface area contributed by atoms with Gasteiger partial charge in [0.15, 0.2) is 5.78 Å². The SMILES string of the molecule is CC(=O)C(=O)Oc1ccc(CSCC(=O)c2ccccc2)cc1. The molecule has 0 fully saturated rings. The van der Waals surface area contributed by atoms with Crippen molar-refractivity contribution < 1.29 is 19.1 Å². The smallest absolute Gasteiger partial charge is 0.379 e. The fourth-order valence-corrected chi connectivity index (χ4v) is 2.68. The van der Waals surface area contributed by atoms with E-state index in [0.717, 1.165) is 12.5 Å². The summed E-state index contributed by atoms with van der Waals surface area (Å²) in [7, 11) is 0. The van der Waals surface area contributed by atoms with E-state index in [4.69, 9.17) is 4.74 Å². The molecule has 2 aromatic rings. The monoisotopic (exact) mass is 328 g/mol. The Balaban J connectivity index is 1.81. The molecule has 0 atom stereocenters. The highest BCUT2D eigenvalue weighted by Crippen LogP contribution is 2.18. The van der Waals surface area contributed by atoms with E-state index in [9.17, 15) is 14.4 Å². The van der Waals surface area contributed by atoms with Gasteiger partial charge in [0.05, 0.1) is 5.75 Å². The maximum Gasteiger partial charge on any atom is 0.379 e. The summed E-state index contributed by atoms with van der Waals surface area (Å²) in [5.74, 6) is 0.0106. The minimum Gasteiger partial charge on any atom is -0.421 e. The van der Waals surface area contributed by atoms with Crippen molar-refractivity contribution >= 4 is 29.3 Å². The first-order chi connectivity index (χ1) is 11.1. The van der Waals surface area contributed by atoms with E-state index >= 15 is 0 Å². The van der Waals surface area contributed by atoms with Crippen LogP contribution in [0.15, 0.2) is 54.6 Å². The molecule has 0 bridgehead atoms. The highest BCUT2D eigenvalue weighted by molar-refractivity contribution is 7.99. The third-order valence-corrected chi connectivity index (χ3v) is 4.02. The zero-order valence-corrected chi connectivity index (χ0v) is 13.5. The van der Waals surface area contributed by atoms with E-state index in [0.29, 0.717) is 22.8 Å². The van der Waals surface area contributed by atoms with Gasteiger partial charge in [0, 0.05) is 18.2 Å². The molecular weight excluding hydrogens is 312 g/mol. The van der Waals surface area contributed by atoms with E-state index in [2.05, 4.69) is 0 Å². The first-order valence-corrected chi connectivity index (χ1v) is 8.19.